The van der Waals surface area contributed by atoms with Crippen molar-refractivity contribution in [3.63, 3.8) is 0 Å². The molecule has 0 bridgehead atoms. The molecular formula is C26H33Cl2N5O5S. The Bertz CT molecular complexity index is 1310. The number of hydrogen-bond acceptors (Lipinski definition) is 9. The van der Waals surface area contributed by atoms with Crippen molar-refractivity contribution < 1.29 is 23.8 Å². The maximum atomic E-state index is 13.1. The molecule has 3 aromatic rings. The van der Waals surface area contributed by atoms with Gasteiger partial charge in [-0.3, -0.25) is 4.79 Å². The van der Waals surface area contributed by atoms with Gasteiger partial charge in [-0.15, -0.1) is 0 Å². The van der Waals surface area contributed by atoms with E-state index in [2.05, 4.69) is 14.9 Å². The van der Waals surface area contributed by atoms with Crippen LogP contribution in [0.2, 0.25) is 10.0 Å². The molecule has 1 fully saturated rings. The summed E-state index contributed by atoms with van der Waals surface area (Å²) in [5.74, 6) is 0.00856. The number of halogens is 2. The summed E-state index contributed by atoms with van der Waals surface area (Å²) in [6.07, 6.45) is 5.14. The third kappa shape index (κ3) is 6.49. The van der Waals surface area contributed by atoms with Crippen LogP contribution in [-0.2, 0) is 20.8 Å². The topological polar surface area (TPSA) is 112 Å². The summed E-state index contributed by atoms with van der Waals surface area (Å²) in [6, 6.07) is 0. The fourth-order valence-corrected chi connectivity index (χ4v) is 6.11. The van der Waals surface area contributed by atoms with Crippen LogP contribution in [0.15, 0.2) is 12.4 Å². The fraction of sp³-hybridized carbons (Fsp3) is 0.538. The lowest BCUT2D eigenvalue weighted by Gasteiger charge is -2.38. The molecule has 0 aliphatic carbocycles. The number of H-pyrrole nitrogens is 1. The Hall–Kier alpha value is -2.44. The highest BCUT2D eigenvalue weighted by Gasteiger charge is 2.35. The van der Waals surface area contributed by atoms with Gasteiger partial charge in [-0.25, -0.2) is 14.8 Å². The number of nitrogens with one attached hydrogen (secondary N) is 1. The number of esters is 1. The van der Waals surface area contributed by atoms with E-state index in [9.17, 15) is 9.59 Å². The molecule has 0 amide bonds. The first kappa shape index (κ1) is 29.5. The van der Waals surface area contributed by atoms with Gasteiger partial charge in [0.2, 0.25) is 0 Å². The second kappa shape index (κ2) is 13.3. The SMILES string of the molecule is CCCO[C@H]1CN(c2nc(-c3nccn3CCOC)c(C(=O)OC)s2)CC[C@H]1CC(=O)c1[nH]c(C)c(Cl)c1Cl. The molecule has 0 radical (unpaired) electrons. The Morgan fingerprint density at radius 3 is 2.69 bits per heavy atom. The van der Waals surface area contributed by atoms with Crippen molar-refractivity contribution in [2.24, 2.45) is 5.92 Å². The van der Waals surface area contributed by atoms with Crippen LogP contribution in [0, 0.1) is 12.8 Å². The van der Waals surface area contributed by atoms with Crippen molar-refractivity contribution in [1.82, 2.24) is 19.5 Å². The van der Waals surface area contributed by atoms with E-state index in [0.29, 0.717) is 77.2 Å². The van der Waals surface area contributed by atoms with Crippen molar-refractivity contribution in [3.8, 4) is 11.5 Å². The van der Waals surface area contributed by atoms with Crippen molar-refractivity contribution in [2.45, 2.75) is 45.8 Å². The third-order valence-electron chi connectivity index (χ3n) is 6.73. The zero-order chi connectivity index (χ0) is 28.1. The Morgan fingerprint density at radius 2 is 2.03 bits per heavy atom. The second-order valence-corrected chi connectivity index (χ2v) is 11.1. The van der Waals surface area contributed by atoms with Gasteiger partial charge < -0.3 is 28.7 Å². The number of nitrogens with zero attached hydrogens (tertiary/aromatic N) is 4. The van der Waals surface area contributed by atoms with E-state index in [4.69, 9.17) is 42.4 Å². The van der Waals surface area contributed by atoms with Crippen molar-refractivity contribution >= 4 is 51.4 Å². The van der Waals surface area contributed by atoms with Crippen LogP contribution in [0.25, 0.3) is 11.5 Å². The molecule has 3 aromatic heterocycles. The van der Waals surface area contributed by atoms with Gasteiger partial charge in [-0.1, -0.05) is 41.5 Å². The van der Waals surface area contributed by atoms with E-state index >= 15 is 0 Å². The lowest BCUT2D eigenvalue weighted by Crippen LogP contribution is -2.46. The summed E-state index contributed by atoms with van der Waals surface area (Å²) in [6.45, 7) is 6.65. The molecule has 13 heteroatoms. The highest BCUT2D eigenvalue weighted by Crippen LogP contribution is 2.37. The quantitative estimate of drug-likeness (QED) is 0.222. The van der Waals surface area contributed by atoms with Gasteiger partial charge in [0.25, 0.3) is 0 Å². The standard InChI is InChI=1S/C26H33Cl2N5O5S/c1-5-11-38-18-14-33(8-6-16(18)13-17(34)21-20(28)19(27)15(2)30-21)26-31-22(23(39-26)25(35)37-4)24-29-7-9-32(24)10-12-36-3/h7,9,16,18,30H,5-6,8,10-14H2,1-4H3/t16-,18-/m0/s1. The number of ketones is 1. The molecule has 1 saturated heterocycles. The zero-order valence-electron chi connectivity index (χ0n) is 22.5. The van der Waals surface area contributed by atoms with Gasteiger partial charge >= 0.3 is 5.97 Å². The number of piperidine rings is 1. The maximum Gasteiger partial charge on any atom is 0.350 e. The third-order valence-corrected chi connectivity index (χ3v) is 8.78. The molecule has 2 atom stereocenters. The van der Waals surface area contributed by atoms with Crippen molar-refractivity contribution in [2.75, 3.05) is 45.4 Å². The molecule has 0 aromatic carbocycles. The molecule has 1 aliphatic heterocycles. The van der Waals surface area contributed by atoms with E-state index in [0.717, 1.165) is 6.42 Å². The Labute approximate surface area is 241 Å². The molecule has 10 nitrogen and oxygen atoms in total. The minimum atomic E-state index is -0.467. The molecule has 0 unspecified atom stereocenters. The summed E-state index contributed by atoms with van der Waals surface area (Å²) >= 11 is 13.8. The number of carbonyl (C=O) groups is 2. The molecule has 4 heterocycles. The van der Waals surface area contributed by atoms with Crippen LogP contribution >= 0.6 is 34.5 Å². The fourth-order valence-electron chi connectivity index (χ4n) is 4.66. The predicted octanol–water partition coefficient (Wildman–Crippen LogP) is 5.28. The van der Waals surface area contributed by atoms with Gasteiger partial charge in [0.15, 0.2) is 16.7 Å². The molecule has 0 spiro atoms. The number of aryl methyl sites for hydroxylation is 1. The number of aromatic amines is 1. The van der Waals surface area contributed by atoms with E-state index < -0.39 is 5.97 Å². The minimum Gasteiger partial charge on any atom is -0.465 e. The maximum absolute atomic E-state index is 13.1. The molecule has 1 N–H and O–H groups in total. The van der Waals surface area contributed by atoms with Crippen LogP contribution in [0.3, 0.4) is 0 Å². The Kier molecular flexibility index (Phi) is 10.1. The first-order chi connectivity index (χ1) is 18.8. The van der Waals surface area contributed by atoms with Crippen LogP contribution in [0.5, 0.6) is 0 Å². The lowest BCUT2D eigenvalue weighted by atomic mass is 9.88. The van der Waals surface area contributed by atoms with Crippen LogP contribution < -0.4 is 4.90 Å². The van der Waals surface area contributed by atoms with Crippen LogP contribution in [0.4, 0.5) is 5.13 Å². The molecule has 1 aliphatic rings. The van der Waals surface area contributed by atoms with Gasteiger partial charge in [-0.05, 0) is 25.7 Å². The van der Waals surface area contributed by atoms with Gasteiger partial charge in [0, 0.05) is 57.9 Å². The highest BCUT2D eigenvalue weighted by atomic mass is 35.5. The smallest absolute Gasteiger partial charge is 0.350 e. The first-order valence-corrected chi connectivity index (χ1v) is 14.4. The van der Waals surface area contributed by atoms with Crippen LogP contribution in [-0.4, -0.2) is 77.9 Å². The monoisotopic (exact) mass is 597 g/mol. The second-order valence-electron chi connectivity index (χ2n) is 9.39. The number of ether oxygens (including phenoxy) is 3. The van der Waals surface area contributed by atoms with Gasteiger partial charge in [0.05, 0.1) is 29.9 Å². The number of thiazole rings is 1. The molecule has 0 saturated carbocycles. The summed E-state index contributed by atoms with van der Waals surface area (Å²) < 4.78 is 18.4. The van der Waals surface area contributed by atoms with Gasteiger partial charge in [-0.2, -0.15) is 0 Å². The van der Waals surface area contributed by atoms with Crippen molar-refractivity contribution in [3.05, 3.63) is 38.7 Å². The molecule has 212 valence electrons. The number of aromatic nitrogens is 4. The Morgan fingerprint density at radius 1 is 1.23 bits per heavy atom. The van der Waals surface area contributed by atoms with Crippen LogP contribution in [0.1, 0.15) is 52.0 Å². The Balaban J connectivity index is 1.57. The largest absolute Gasteiger partial charge is 0.465 e. The number of imidazole rings is 1. The zero-order valence-corrected chi connectivity index (χ0v) is 24.8. The number of anilines is 1. The van der Waals surface area contributed by atoms with E-state index in [-0.39, 0.29) is 29.2 Å². The summed E-state index contributed by atoms with van der Waals surface area (Å²) in [5, 5.41) is 1.31. The van der Waals surface area contributed by atoms with Gasteiger partial charge in [0.1, 0.15) is 16.3 Å². The summed E-state index contributed by atoms with van der Waals surface area (Å²) in [5.41, 5.74) is 1.48. The number of methoxy groups -OCH3 is 2. The number of Topliss-reactive ketones (excluding diaryl/α,β-unsaturated/α-hetero) is 1. The first-order valence-electron chi connectivity index (χ1n) is 12.8. The molecule has 39 heavy (non-hydrogen) atoms. The number of carbonyl (C=O) groups excluding carboxylic acids is 2. The van der Waals surface area contributed by atoms with E-state index in [1.165, 1.54) is 18.4 Å². The highest BCUT2D eigenvalue weighted by molar-refractivity contribution is 7.17. The normalized spacial score (nSPS) is 17.5. The lowest BCUT2D eigenvalue weighted by molar-refractivity contribution is 0.00383. The van der Waals surface area contributed by atoms with E-state index in [1.54, 1.807) is 20.2 Å². The number of rotatable bonds is 12. The average Bonchev–Trinajstić information content (AvgIpc) is 3.65. The number of hydrogen-bond donors (Lipinski definition) is 1. The average molecular weight is 599 g/mol. The van der Waals surface area contributed by atoms with Crippen molar-refractivity contribution in [1.29, 1.82) is 0 Å². The van der Waals surface area contributed by atoms with E-state index in [1.807, 2.05) is 17.7 Å². The minimum absolute atomic E-state index is 0.00815. The predicted molar refractivity (Wildman–Crippen MR) is 151 cm³/mol. The summed E-state index contributed by atoms with van der Waals surface area (Å²) in [4.78, 5) is 40.7. The molecule has 4 rings (SSSR count). The molecular weight excluding hydrogens is 565 g/mol. The summed E-state index contributed by atoms with van der Waals surface area (Å²) in [7, 11) is 2.99.